The fourth-order valence-electron chi connectivity index (χ4n) is 1.61. The van der Waals surface area contributed by atoms with Crippen LogP contribution < -0.4 is 0 Å². The molecule has 1 saturated heterocycles. The van der Waals surface area contributed by atoms with Crippen molar-refractivity contribution < 1.29 is 19.1 Å². The third kappa shape index (κ3) is 5.26. The first-order valence-corrected chi connectivity index (χ1v) is 6.00. The Labute approximate surface area is 106 Å². The number of carbonyl (C=O) groups excluding carboxylic acids is 2. The van der Waals surface area contributed by atoms with E-state index in [1.54, 1.807) is 4.90 Å². The van der Waals surface area contributed by atoms with E-state index in [4.69, 9.17) is 21.1 Å². The molecule has 1 aliphatic rings. The monoisotopic (exact) mass is 263 g/mol. The molecule has 1 fully saturated rings. The number of nitrogens with zero attached hydrogens (tertiary/aromatic N) is 1. The number of carbonyl (C=O) groups is 2. The van der Waals surface area contributed by atoms with Crippen molar-refractivity contribution in [2.24, 2.45) is 0 Å². The first-order valence-electron chi connectivity index (χ1n) is 5.62. The van der Waals surface area contributed by atoms with Gasteiger partial charge in [0.1, 0.15) is 11.7 Å². The van der Waals surface area contributed by atoms with Crippen molar-refractivity contribution in [3.63, 3.8) is 0 Å². The van der Waals surface area contributed by atoms with E-state index in [-0.39, 0.29) is 12.2 Å². The molecule has 0 saturated carbocycles. The molecule has 1 heterocycles. The van der Waals surface area contributed by atoms with E-state index in [1.807, 2.05) is 20.8 Å². The van der Waals surface area contributed by atoms with Gasteiger partial charge in [-0.2, -0.15) is 0 Å². The SMILES string of the molecule is CC(C)(C)OC(=O)N1CCC(OC(=O)Cl)CC1. The van der Waals surface area contributed by atoms with Crippen LogP contribution in [-0.2, 0) is 9.47 Å². The van der Waals surface area contributed by atoms with Crippen LogP contribution in [0.2, 0.25) is 0 Å². The van der Waals surface area contributed by atoms with Gasteiger partial charge in [0.2, 0.25) is 0 Å². The standard InChI is InChI=1S/C11H18ClNO4/c1-11(2,3)17-10(15)13-6-4-8(5-7-13)16-9(12)14/h8H,4-7H2,1-3H3. The maximum atomic E-state index is 11.7. The summed E-state index contributed by atoms with van der Waals surface area (Å²) in [6.07, 6.45) is 0.668. The third-order valence-electron chi connectivity index (χ3n) is 2.35. The number of hydrogen-bond donors (Lipinski definition) is 0. The molecule has 0 bridgehead atoms. The maximum absolute atomic E-state index is 11.7. The van der Waals surface area contributed by atoms with Crippen molar-refractivity contribution in [2.75, 3.05) is 13.1 Å². The second kappa shape index (κ2) is 5.58. The number of rotatable bonds is 1. The van der Waals surface area contributed by atoms with Gasteiger partial charge < -0.3 is 14.4 Å². The summed E-state index contributed by atoms with van der Waals surface area (Å²) in [6, 6.07) is 0. The predicted molar refractivity (Wildman–Crippen MR) is 63.2 cm³/mol. The molecule has 0 aromatic rings. The summed E-state index contributed by atoms with van der Waals surface area (Å²) >= 11 is 5.13. The minimum atomic E-state index is -0.791. The Balaban J connectivity index is 2.36. The second-order valence-electron chi connectivity index (χ2n) is 5.02. The Morgan fingerprint density at radius 1 is 1.24 bits per heavy atom. The normalized spacial score (nSPS) is 17.8. The van der Waals surface area contributed by atoms with Gasteiger partial charge in [0, 0.05) is 37.5 Å². The lowest BCUT2D eigenvalue weighted by Crippen LogP contribution is -2.43. The van der Waals surface area contributed by atoms with Gasteiger partial charge in [0.15, 0.2) is 0 Å². The van der Waals surface area contributed by atoms with E-state index in [0.717, 1.165) is 0 Å². The number of likely N-dealkylation sites (tertiary alicyclic amines) is 1. The van der Waals surface area contributed by atoms with E-state index in [2.05, 4.69) is 0 Å². The topological polar surface area (TPSA) is 55.8 Å². The fourth-order valence-corrected chi connectivity index (χ4v) is 1.74. The van der Waals surface area contributed by atoms with Gasteiger partial charge in [-0.05, 0) is 20.8 Å². The van der Waals surface area contributed by atoms with Gasteiger partial charge in [-0.25, -0.2) is 9.59 Å². The number of amides is 1. The lowest BCUT2D eigenvalue weighted by atomic mass is 10.1. The van der Waals surface area contributed by atoms with Crippen molar-refractivity contribution in [2.45, 2.75) is 45.3 Å². The summed E-state index contributed by atoms with van der Waals surface area (Å²) in [5, 5.41) is 0. The highest BCUT2D eigenvalue weighted by atomic mass is 35.5. The molecule has 0 aliphatic carbocycles. The van der Waals surface area contributed by atoms with Gasteiger partial charge in [-0.15, -0.1) is 0 Å². The molecule has 0 unspecified atom stereocenters. The van der Waals surface area contributed by atoms with Crippen molar-refractivity contribution >= 4 is 23.1 Å². The Hall–Kier alpha value is -0.970. The zero-order chi connectivity index (χ0) is 13.1. The van der Waals surface area contributed by atoms with Crippen LogP contribution >= 0.6 is 11.6 Å². The van der Waals surface area contributed by atoms with Crippen LogP contribution in [0.25, 0.3) is 0 Å². The van der Waals surface area contributed by atoms with Gasteiger partial charge in [-0.1, -0.05) is 0 Å². The summed E-state index contributed by atoms with van der Waals surface area (Å²) in [7, 11) is 0. The van der Waals surface area contributed by atoms with Crippen molar-refractivity contribution in [1.29, 1.82) is 0 Å². The minimum Gasteiger partial charge on any atom is -0.450 e. The molecule has 0 atom stereocenters. The fraction of sp³-hybridized carbons (Fsp3) is 0.818. The Morgan fingerprint density at radius 2 is 1.76 bits per heavy atom. The Bertz CT molecular complexity index is 292. The Morgan fingerprint density at radius 3 is 2.18 bits per heavy atom. The molecule has 1 amide bonds. The average molecular weight is 264 g/mol. The van der Waals surface area contributed by atoms with Crippen LogP contribution in [0.3, 0.4) is 0 Å². The summed E-state index contributed by atoms with van der Waals surface area (Å²) in [5.74, 6) is 0. The first kappa shape index (κ1) is 14.1. The molecule has 6 heteroatoms. The maximum Gasteiger partial charge on any atom is 0.410 e. The smallest absolute Gasteiger partial charge is 0.410 e. The van der Waals surface area contributed by atoms with Crippen LogP contribution in [0.1, 0.15) is 33.6 Å². The van der Waals surface area contributed by atoms with E-state index in [9.17, 15) is 9.59 Å². The van der Waals surface area contributed by atoms with Crippen LogP contribution in [0, 0.1) is 0 Å². The van der Waals surface area contributed by atoms with Gasteiger partial charge in [0.05, 0.1) is 0 Å². The summed E-state index contributed by atoms with van der Waals surface area (Å²) < 4.78 is 10.1. The quantitative estimate of drug-likeness (QED) is 0.683. The summed E-state index contributed by atoms with van der Waals surface area (Å²) in [5.41, 5.74) is -1.28. The lowest BCUT2D eigenvalue weighted by molar-refractivity contribution is 0.00896. The first-order chi connectivity index (χ1) is 7.78. The third-order valence-corrected chi connectivity index (χ3v) is 2.44. The zero-order valence-corrected chi connectivity index (χ0v) is 11.1. The van der Waals surface area contributed by atoms with Gasteiger partial charge >= 0.3 is 11.5 Å². The molecule has 0 radical (unpaired) electrons. The summed E-state index contributed by atoms with van der Waals surface area (Å²) in [4.78, 5) is 23.9. The molecular weight excluding hydrogens is 246 g/mol. The van der Waals surface area contributed by atoms with Crippen molar-refractivity contribution in [3.05, 3.63) is 0 Å². The highest BCUT2D eigenvalue weighted by Gasteiger charge is 2.28. The predicted octanol–water partition coefficient (Wildman–Crippen LogP) is 2.76. The largest absolute Gasteiger partial charge is 0.450 e. The van der Waals surface area contributed by atoms with E-state index >= 15 is 0 Å². The molecule has 5 nitrogen and oxygen atoms in total. The highest BCUT2D eigenvalue weighted by Crippen LogP contribution is 2.17. The van der Waals surface area contributed by atoms with Crippen LogP contribution in [0.5, 0.6) is 0 Å². The molecule has 0 aromatic carbocycles. The summed E-state index contributed by atoms with van der Waals surface area (Å²) in [6.45, 7) is 6.51. The highest BCUT2D eigenvalue weighted by molar-refractivity contribution is 6.61. The average Bonchev–Trinajstić information content (AvgIpc) is 2.15. The van der Waals surface area contributed by atoms with Crippen LogP contribution in [-0.4, -0.2) is 41.2 Å². The van der Waals surface area contributed by atoms with Crippen molar-refractivity contribution in [3.8, 4) is 0 Å². The van der Waals surface area contributed by atoms with Crippen LogP contribution in [0.4, 0.5) is 9.59 Å². The molecule has 0 aromatic heterocycles. The van der Waals surface area contributed by atoms with E-state index in [0.29, 0.717) is 25.9 Å². The molecule has 17 heavy (non-hydrogen) atoms. The van der Waals surface area contributed by atoms with Crippen molar-refractivity contribution in [1.82, 2.24) is 4.90 Å². The second-order valence-corrected chi connectivity index (χ2v) is 5.33. The lowest BCUT2D eigenvalue weighted by Gasteiger charge is -2.32. The van der Waals surface area contributed by atoms with E-state index in [1.165, 1.54) is 0 Å². The Kier molecular flexibility index (Phi) is 4.62. The van der Waals surface area contributed by atoms with Gasteiger partial charge in [-0.3, -0.25) is 0 Å². The molecule has 1 aliphatic heterocycles. The number of halogens is 1. The zero-order valence-electron chi connectivity index (χ0n) is 10.4. The molecule has 1 rings (SSSR count). The van der Waals surface area contributed by atoms with Crippen LogP contribution in [0.15, 0.2) is 0 Å². The number of piperidine rings is 1. The molecular formula is C11H18ClNO4. The number of ether oxygens (including phenoxy) is 2. The van der Waals surface area contributed by atoms with E-state index < -0.39 is 11.0 Å². The van der Waals surface area contributed by atoms with Gasteiger partial charge in [0.25, 0.3) is 0 Å². The molecule has 0 N–H and O–H groups in total. The minimum absolute atomic E-state index is 0.196. The molecule has 0 spiro atoms. The molecule has 98 valence electrons. The number of hydrogen-bond acceptors (Lipinski definition) is 4.